The van der Waals surface area contributed by atoms with Gasteiger partial charge in [0, 0.05) is 11.1 Å². The fraction of sp³-hybridized carbons (Fsp3) is 0.238. The first-order valence-corrected chi connectivity index (χ1v) is 16.1. The van der Waals surface area contributed by atoms with Crippen molar-refractivity contribution in [1.29, 1.82) is 0 Å². The van der Waals surface area contributed by atoms with Crippen molar-refractivity contribution in [2.45, 2.75) is 53.4 Å². The Bertz CT molecular complexity index is 1740. The molecule has 6 aromatic carbocycles. The molecule has 0 saturated carbocycles. The highest BCUT2D eigenvalue weighted by molar-refractivity contribution is 6.15. The Labute approximate surface area is 262 Å². The molecule has 0 aromatic heterocycles. The van der Waals surface area contributed by atoms with Crippen molar-refractivity contribution in [3.8, 4) is 44.9 Å². The molecule has 0 bridgehead atoms. The number of benzene rings is 6. The van der Waals surface area contributed by atoms with Crippen molar-refractivity contribution in [2.24, 2.45) is 0 Å². The summed E-state index contributed by atoms with van der Waals surface area (Å²) in [5.41, 5.74) is 9.47. The number of ether oxygens (including phenoxy) is 2. The molecule has 2 heteroatoms. The molecular weight excluding hydrogens is 536 g/mol. The van der Waals surface area contributed by atoms with Gasteiger partial charge in [-0.25, -0.2) is 0 Å². The summed E-state index contributed by atoms with van der Waals surface area (Å²) in [6, 6.07) is 39.7. The molecule has 0 amide bonds. The van der Waals surface area contributed by atoms with Crippen molar-refractivity contribution in [3.63, 3.8) is 0 Å². The van der Waals surface area contributed by atoms with E-state index in [0.29, 0.717) is 13.2 Å². The van der Waals surface area contributed by atoms with Crippen LogP contribution in [0, 0.1) is 13.8 Å². The molecule has 44 heavy (non-hydrogen) atoms. The predicted octanol–water partition coefficient (Wildman–Crippen LogP) is 12.0. The fourth-order valence-corrected chi connectivity index (χ4v) is 6.04. The van der Waals surface area contributed by atoms with Gasteiger partial charge in [-0.3, -0.25) is 0 Å². The minimum Gasteiger partial charge on any atom is -0.493 e. The number of rotatable bonds is 11. The van der Waals surface area contributed by atoms with Gasteiger partial charge in [-0.05, 0) is 82.6 Å². The van der Waals surface area contributed by atoms with Crippen LogP contribution in [0.15, 0.2) is 109 Å². The van der Waals surface area contributed by atoms with Gasteiger partial charge in [-0.1, -0.05) is 135 Å². The third-order valence-electron chi connectivity index (χ3n) is 8.50. The molecule has 222 valence electrons. The number of unbranched alkanes of at least 4 members (excludes halogenated alkanes) is 2. The quantitative estimate of drug-likeness (QED) is 0.142. The molecule has 0 radical (unpaired) electrons. The first-order chi connectivity index (χ1) is 21.6. The lowest BCUT2D eigenvalue weighted by atomic mass is 9.86. The lowest BCUT2D eigenvalue weighted by Gasteiger charge is -2.23. The van der Waals surface area contributed by atoms with Crippen LogP contribution >= 0.6 is 0 Å². The van der Waals surface area contributed by atoms with Gasteiger partial charge in [-0.15, -0.1) is 0 Å². The Hall–Kier alpha value is -4.56. The third-order valence-corrected chi connectivity index (χ3v) is 8.50. The number of hydrogen-bond acceptors (Lipinski definition) is 2. The van der Waals surface area contributed by atoms with Gasteiger partial charge in [0.1, 0.15) is 11.5 Å². The zero-order chi connectivity index (χ0) is 30.5. The molecule has 0 atom stereocenters. The Morgan fingerprint density at radius 1 is 0.455 bits per heavy atom. The normalized spacial score (nSPS) is 11.3. The maximum Gasteiger partial charge on any atom is 0.128 e. The van der Waals surface area contributed by atoms with Crippen molar-refractivity contribution < 1.29 is 9.47 Å². The van der Waals surface area contributed by atoms with E-state index in [-0.39, 0.29) is 0 Å². The van der Waals surface area contributed by atoms with Gasteiger partial charge in [0.25, 0.3) is 0 Å². The molecule has 0 N–H and O–H groups in total. The van der Waals surface area contributed by atoms with Gasteiger partial charge in [-0.2, -0.15) is 0 Å². The summed E-state index contributed by atoms with van der Waals surface area (Å²) < 4.78 is 13.5. The van der Waals surface area contributed by atoms with Crippen LogP contribution in [0.25, 0.3) is 54.9 Å². The van der Waals surface area contributed by atoms with E-state index in [2.05, 4.69) is 137 Å². The SMILES string of the molecule is CCCCOc1cc(-c2ccc(C)cc2)c2ccccc2c1-c1c(OCCCC)cc(-c2ccc(C)cc2)c2ccccc12. The van der Waals surface area contributed by atoms with E-state index in [1.54, 1.807) is 0 Å². The molecule has 6 rings (SSSR count). The van der Waals surface area contributed by atoms with Gasteiger partial charge in [0.15, 0.2) is 0 Å². The molecule has 0 aliphatic carbocycles. The lowest BCUT2D eigenvalue weighted by molar-refractivity contribution is 0.307. The van der Waals surface area contributed by atoms with E-state index in [1.807, 2.05) is 0 Å². The van der Waals surface area contributed by atoms with Gasteiger partial charge in [0.2, 0.25) is 0 Å². The third kappa shape index (κ3) is 5.95. The number of fused-ring (bicyclic) bond motifs is 2. The van der Waals surface area contributed by atoms with E-state index in [0.717, 1.165) is 48.3 Å². The molecule has 0 saturated heterocycles. The van der Waals surface area contributed by atoms with Crippen molar-refractivity contribution >= 4 is 21.5 Å². The average Bonchev–Trinajstić information content (AvgIpc) is 3.05. The summed E-state index contributed by atoms with van der Waals surface area (Å²) in [7, 11) is 0. The highest BCUT2D eigenvalue weighted by atomic mass is 16.5. The second-order valence-corrected chi connectivity index (χ2v) is 11.8. The summed E-state index contributed by atoms with van der Waals surface area (Å²) in [6.07, 6.45) is 4.15. The van der Waals surface area contributed by atoms with Gasteiger partial charge in [0.05, 0.1) is 13.2 Å². The summed E-state index contributed by atoms with van der Waals surface area (Å²) in [5.74, 6) is 1.81. The molecule has 0 fully saturated rings. The minimum atomic E-state index is 0.667. The Kier molecular flexibility index (Phi) is 8.98. The lowest BCUT2D eigenvalue weighted by Crippen LogP contribution is -2.03. The highest BCUT2D eigenvalue weighted by Crippen LogP contribution is 2.50. The van der Waals surface area contributed by atoms with Crippen LogP contribution in [-0.4, -0.2) is 13.2 Å². The Morgan fingerprint density at radius 3 is 1.18 bits per heavy atom. The first kappa shape index (κ1) is 29.5. The molecule has 0 spiro atoms. The monoisotopic (exact) mass is 578 g/mol. The minimum absolute atomic E-state index is 0.667. The van der Waals surface area contributed by atoms with E-state index < -0.39 is 0 Å². The molecule has 0 heterocycles. The summed E-state index contributed by atoms with van der Waals surface area (Å²) in [6.45, 7) is 10.0. The van der Waals surface area contributed by atoms with Crippen LogP contribution in [-0.2, 0) is 0 Å². The fourth-order valence-electron chi connectivity index (χ4n) is 6.04. The molecule has 6 aromatic rings. The van der Waals surface area contributed by atoms with Crippen LogP contribution in [0.5, 0.6) is 11.5 Å². The largest absolute Gasteiger partial charge is 0.493 e. The Morgan fingerprint density at radius 2 is 0.818 bits per heavy atom. The smallest absolute Gasteiger partial charge is 0.128 e. The molecular formula is C42H42O2. The van der Waals surface area contributed by atoms with E-state index in [9.17, 15) is 0 Å². The van der Waals surface area contributed by atoms with Crippen LogP contribution < -0.4 is 9.47 Å². The maximum atomic E-state index is 6.73. The van der Waals surface area contributed by atoms with E-state index >= 15 is 0 Å². The summed E-state index contributed by atoms with van der Waals surface area (Å²) in [4.78, 5) is 0. The van der Waals surface area contributed by atoms with E-state index in [1.165, 1.54) is 54.9 Å². The van der Waals surface area contributed by atoms with Crippen molar-refractivity contribution in [3.05, 3.63) is 120 Å². The van der Waals surface area contributed by atoms with Crippen LogP contribution in [0.4, 0.5) is 0 Å². The van der Waals surface area contributed by atoms with E-state index in [4.69, 9.17) is 9.47 Å². The second-order valence-electron chi connectivity index (χ2n) is 11.8. The topological polar surface area (TPSA) is 18.5 Å². The van der Waals surface area contributed by atoms with Crippen molar-refractivity contribution in [1.82, 2.24) is 0 Å². The maximum absolute atomic E-state index is 6.73. The number of hydrogen-bond donors (Lipinski definition) is 0. The second kappa shape index (κ2) is 13.4. The highest BCUT2D eigenvalue weighted by Gasteiger charge is 2.23. The standard InChI is InChI=1S/C42H42O2/c1-5-7-25-43-39-27-37(31-21-17-29(3)18-22-31)33-13-9-11-15-35(33)41(39)42-36-16-12-10-14-34(36)38(28-40(42)44-26-8-6-2)32-23-19-30(4)20-24-32/h9-24,27-28H,5-8,25-26H2,1-4H3. The van der Waals surface area contributed by atoms with Crippen LogP contribution in [0.3, 0.4) is 0 Å². The molecule has 0 aliphatic heterocycles. The van der Waals surface area contributed by atoms with Crippen LogP contribution in [0.1, 0.15) is 50.7 Å². The van der Waals surface area contributed by atoms with Gasteiger partial charge >= 0.3 is 0 Å². The van der Waals surface area contributed by atoms with Crippen LogP contribution in [0.2, 0.25) is 0 Å². The van der Waals surface area contributed by atoms with Gasteiger partial charge < -0.3 is 9.47 Å². The summed E-state index contributed by atoms with van der Waals surface area (Å²) in [5, 5.41) is 4.76. The number of aryl methyl sites for hydroxylation is 2. The zero-order valence-electron chi connectivity index (χ0n) is 26.5. The van der Waals surface area contributed by atoms with Crippen molar-refractivity contribution in [2.75, 3.05) is 13.2 Å². The first-order valence-electron chi connectivity index (χ1n) is 16.1. The zero-order valence-corrected chi connectivity index (χ0v) is 26.5. The summed E-state index contributed by atoms with van der Waals surface area (Å²) >= 11 is 0. The predicted molar refractivity (Wildman–Crippen MR) is 188 cm³/mol. The molecule has 0 aliphatic rings. The average molecular weight is 579 g/mol. The molecule has 0 unspecified atom stereocenters. The molecule has 2 nitrogen and oxygen atoms in total. The Balaban J connectivity index is 1.69.